The Hall–Kier alpha value is -2.87. The number of rotatable bonds is 4. The van der Waals surface area contributed by atoms with E-state index >= 15 is 0 Å². The van der Waals surface area contributed by atoms with Crippen molar-refractivity contribution in [1.29, 1.82) is 0 Å². The summed E-state index contributed by atoms with van der Waals surface area (Å²) in [7, 11) is 0. The molecule has 4 aromatic heterocycles. The summed E-state index contributed by atoms with van der Waals surface area (Å²) in [5.41, 5.74) is 1.57. The molecule has 0 spiro atoms. The number of aromatic nitrogens is 10. The van der Waals surface area contributed by atoms with Gasteiger partial charge in [0.1, 0.15) is 11.9 Å². The van der Waals surface area contributed by atoms with Crippen LogP contribution in [0.25, 0.3) is 11.9 Å². The van der Waals surface area contributed by atoms with Crippen molar-refractivity contribution < 1.29 is 21.1 Å². The summed E-state index contributed by atoms with van der Waals surface area (Å²) >= 11 is 0. The first-order valence-corrected chi connectivity index (χ1v) is 6.58. The van der Waals surface area contributed by atoms with Gasteiger partial charge in [-0.2, -0.15) is 0 Å². The number of nitrogens with zero attached hydrogens (tertiary/aromatic N) is 10. The van der Waals surface area contributed by atoms with Gasteiger partial charge in [-0.1, -0.05) is 0 Å². The van der Waals surface area contributed by atoms with Gasteiger partial charge < -0.3 is 19.3 Å². The van der Waals surface area contributed by atoms with Gasteiger partial charge in [-0.15, -0.1) is 0 Å². The van der Waals surface area contributed by atoms with Crippen molar-refractivity contribution in [1.82, 2.24) is 49.5 Å². The second-order valence-corrected chi connectivity index (χ2v) is 4.42. The molecule has 0 bridgehead atoms. The van der Waals surface area contributed by atoms with Crippen molar-refractivity contribution in [2.75, 3.05) is 0 Å². The number of hydrogen-bond donors (Lipinski definition) is 0. The van der Waals surface area contributed by atoms with Crippen LogP contribution in [0.3, 0.4) is 0 Å². The topological polar surface area (TPSA) is 113 Å². The third kappa shape index (κ3) is 3.38. The van der Waals surface area contributed by atoms with Gasteiger partial charge in [-0.25, -0.2) is 10.2 Å². The quantitative estimate of drug-likeness (QED) is 0.350. The minimum absolute atomic E-state index is 0. The Morgan fingerprint density at radius 3 is 1.71 bits per heavy atom. The van der Waals surface area contributed by atoms with Crippen molar-refractivity contribution in [3.05, 3.63) is 61.2 Å². The summed E-state index contributed by atoms with van der Waals surface area (Å²) in [6, 6.07) is 3.62. The van der Waals surface area contributed by atoms with Gasteiger partial charge in [-0.05, 0) is 12.1 Å². The van der Waals surface area contributed by atoms with E-state index in [1.54, 1.807) is 12.4 Å². The van der Waals surface area contributed by atoms with Crippen LogP contribution in [-0.2, 0) is 27.5 Å². The van der Waals surface area contributed by atoms with E-state index in [-0.39, 0.29) is 21.1 Å². The molecule has 0 atom stereocenters. The van der Waals surface area contributed by atoms with Gasteiger partial charge in [0.2, 0.25) is 0 Å². The van der Waals surface area contributed by atoms with Crippen LogP contribution >= 0.6 is 0 Å². The van der Waals surface area contributed by atoms with Crippen LogP contribution in [0.15, 0.2) is 37.2 Å². The largest absolute Gasteiger partial charge is 2.00 e. The van der Waals surface area contributed by atoms with Crippen LogP contribution in [0.5, 0.6) is 0 Å². The van der Waals surface area contributed by atoms with Crippen molar-refractivity contribution in [2.24, 2.45) is 0 Å². The van der Waals surface area contributed by atoms with Crippen LogP contribution in [0.2, 0.25) is 0 Å². The first-order valence-electron chi connectivity index (χ1n) is 6.58. The fourth-order valence-corrected chi connectivity index (χ4v) is 1.92. The molecule has 0 aliphatic rings. The maximum Gasteiger partial charge on any atom is 2.00 e. The SMILES string of the molecule is [Pt+2].[c-]1ncnn1-c1nccc(Cc2ccnc(-n3[c-]ncn3)n2)n1. The van der Waals surface area contributed by atoms with Gasteiger partial charge in [0.15, 0.2) is 0 Å². The summed E-state index contributed by atoms with van der Waals surface area (Å²) < 4.78 is 2.75. The zero-order chi connectivity index (χ0) is 15.5. The minimum atomic E-state index is 0. The molecule has 0 fully saturated rings. The van der Waals surface area contributed by atoms with Gasteiger partial charge in [0.05, 0.1) is 0 Å². The number of hydrogen-bond acceptors (Lipinski definition) is 8. The van der Waals surface area contributed by atoms with Crippen molar-refractivity contribution in [3.63, 3.8) is 0 Å². The van der Waals surface area contributed by atoms with E-state index in [2.05, 4.69) is 52.8 Å². The molecule has 0 aromatic carbocycles. The first-order chi connectivity index (χ1) is 11.4. The molecule has 10 nitrogen and oxygen atoms in total. The molecule has 24 heavy (non-hydrogen) atoms. The molecule has 0 radical (unpaired) electrons. The molecule has 0 saturated carbocycles. The molecule has 0 aliphatic heterocycles. The molecular formula is C13H8N10Pt. The fourth-order valence-electron chi connectivity index (χ4n) is 1.92. The van der Waals surface area contributed by atoms with Crippen LogP contribution in [-0.4, -0.2) is 49.5 Å². The second kappa shape index (κ2) is 7.13. The van der Waals surface area contributed by atoms with E-state index in [1.165, 1.54) is 22.0 Å². The third-order valence-corrected chi connectivity index (χ3v) is 2.90. The second-order valence-electron chi connectivity index (χ2n) is 4.42. The Bertz CT molecular complexity index is 830. The van der Waals surface area contributed by atoms with Gasteiger partial charge >= 0.3 is 21.1 Å². The molecule has 120 valence electrons. The van der Waals surface area contributed by atoms with Gasteiger partial charge in [-0.3, -0.25) is 19.9 Å². The Labute approximate surface area is 150 Å². The summed E-state index contributed by atoms with van der Waals surface area (Å²) in [6.45, 7) is 0. The zero-order valence-corrected chi connectivity index (χ0v) is 14.2. The molecule has 0 unspecified atom stereocenters. The normalized spacial score (nSPS) is 10.3. The Balaban J connectivity index is 0.00000169. The molecule has 4 rings (SSSR count). The predicted octanol–water partition coefficient (Wildman–Crippen LogP) is -0.383. The minimum Gasteiger partial charge on any atom is -0.353 e. The summed E-state index contributed by atoms with van der Waals surface area (Å²) in [4.78, 5) is 24.6. The van der Waals surface area contributed by atoms with Crippen molar-refractivity contribution >= 4 is 0 Å². The van der Waals surface area contributed by atoms with E-state index in [0.717, 1.165) is 11.4 Å². The monoisotopic (exact) mass is 499 g/mol. The molecule has 0 saturated heterocycles. The standard InChI is InChI=1S/C13H8N10.Pt/c1-3-16-12(22-8-14-6-18-22)20-10(1)5-11-2-4-17-13(21-11)23-9-15-7-19-23;/h1-4,6-7H,5H2;/q-2;+2. The van der Waals surface area contributed by atoms with Crippen LogP contribution in [0, 0.1) is 12.7 Å². The first kappa shape index (κ1) is 16.0. The van der Waals surface area contributed by atoms with Crippen LogP contribution in [0.1, 0.15) is 11.4 Å². The van der Waals surface area contributed by atoms with E-state index in [9.17, 15) is 0 Å². The Kier molecular flexibility index (Phi) is 4.76. The molecule has 0 aliphatic carbocycles. The van der Waals surface area contributed by atoms with Crippen LogP contribution in [0.4, 0.5) is 0 Å². The van der Waals surface area contributed by atoms with E-state index in [4.69, 9.17) is 0 Å². The zero-order valence-electron chi connectivity index (χ0n) is 12.0. The maximum absolute atomic E-state index is 4.42. The molecule has 0 amide bonds. The maximum atomic E-state index is 4.42. The molecule has 4 heterocycles. The van der Waals surface area contributed by atoms with Gasteiger partial charge in [0, 0.05) is 55.5 Å². The predicted molar refractivity (Wildman–Crippen MR) is 74.4 cm³/mol. The molecule has 0 N–H and O–H groups in total. The van der Waals surface area contributed by atoms with E-state index < -0.39 is 0 Å². The molecule has 4 aromatic rings. The molecular weight excluding hydrogens is 491 g/mol. The van der Waals surface area contributed by atoms with Gasteiger partial charge in [0.25, 0.3) is 0 Å². The third-order valence-electron chi connectivity index (χ3n) is 2.90. The molecule has 11 heteroatoms. The Morgan fingerprint density at radius 1 is 0.792 bits per heavy atom. The van der Waals surface area contributed by atoms with Crippen molar-refractivity contribution in [2.45, 2.75) is 6.42 Å². The summed E-state index contributed by atoms with van der Waals surface area (Å²) in [6.07, 6.45) is 11.9. The van der Waals surface area contributed by atoms with Crippen LogP contribution < -0.4 is 0 Å². The van der Waals surface area contributed by atoms with E-state index in [0.29, 0.717) is 18.3 Å². The average Bonchev–Trinajstić information content (AvgIpc) is 3.29. The Morgan fingerprint density at radius 2 is 1.29 bits per heavy atom. The smallest absolute Gasteiger partial charge is 0.353 e. The summed E-state index contributed by atoms with van der Waals surface area (Å²) in [5, 5.41) is 7.92. The van der Waals surface area contributed by atoms with E-state index in [1.807, 2.05) is 12.1 Å². The summed E-state index contributed by atoms with van der Waals surface area (Å²) in [5.74, 6) is 0.803. The average molecular weight is 499 g/mol. The van der Waals surface area contributed by atoms with Crippen molar-refractivity contribution in [3.8, 4) is 11.9 Å². The fraction of sp³-hybridized carbons (Fsp3) is 0.0769.